The van der Waals surface area contributed by atoms with Gasteiger partial charge in [0.05, 0.1) is 7.11 Å². The Kier molecular flexibility index (Phi) is 3.29. The zero-order valence-corrected chi connectivity index (χ0v) is 11.2. The highest BCUT2D eigenvalue weighted by Gasteiger charge is 2.22. The van der Waals surface area contributed by atoms with Crippen LogP contribution >= 0.6 is 0 Å². The Balaban J connectivity index is 2.01. The molecule has 2 aromatic carbocycles. The number of para-hydroxylation sites is 1. The maximum absolute atomic E-state index is 11.7. The van der Waals surface area contributed by atoms with Crippen molar-refractivity contribution in [1.82, 2.24) is 5.32 Å². The summed E-state index contributed by atoms with van der Waals surface area (Å²) in [5, 5.41) is 5.76. The van der Waals surface area contributed by atoms with Gasteiger partial charge in [0, 0.05) is 18.2 Å². The molecule has 1 aliphatic rings. The van der Waals surface area contributed by atoms with Crippen LogP contribution in [0.15, 0.2) is 48.5 Å². The van der Waals surface area contributed by atoms with E-state index >= 15 is 0 Å². The monoisotopic (exact) mass is 268 g/mol. The molecule has 0 aliphatic carbocycles. The molecule has 1 heterocycles. The summed E-state index contributed by atoms with van der Waals surface area (Å²) in [4.78, 5) is 11.7. The number of urea groups is 1. The molecular formula is C16H16N2O2. The fourth-order valence-electron chi connectivity index (χ4n) is 2.52. The lowest BCUT2D eigenvalue weighted by Crippen LogP contribution is -2.29. The zero-order chi connectivity index (χ0) is 13.9. The van der Waals surface area contributed by atoms with E-state index in [1.165, 1.54) is 0 Å². The highest BCUT2D eigenvalue weighted by molar-refractivity contribution is 5.91. The van der Waals surface area contributed by atoms with Gasteiger partial charge in [-0.15, -0.1) is 0 Å². The Morgan fingerprint density at radius 2 is 1.85 bits per heavy atom. The second kappa shape index (κ2) is 5.25. The highest BCUT2D eigenvalue weighted by atomic mass is 16.5. The molecule has 1 unspecified atom stereocenters. The molecular weight excluding hydrogens is 252 g/mol. The van der Waals surface area contributed by atoms with Gasteiger partial charge in [-0.05, 0) is 29.3 Å². The van der Waals surface area contributed by atoms with Gasteiger partial charge in [0.1, 0.15) is 5.75 Å². The fourth-order valence-corrected chi connectivity index (χ4v) is 2.52. The molecule has 2 aromatic rings. The molecule has 3 rings (SSSR count). The van der Waals surface area contributed by atoms with Gasteiger partial charge in [0.25, 0.3) is 0 Å². The Hall–Kier alpha value is -2.49. The summed E-state index contributed by atoms with van der Waals surface area (Å²) < 4.78 is 5.19. The topological polar surface area (TPSA) is 50.4 Å². The number of fused-ring (bicyclic) bond motifs is 1. The summed E-state index contributed by atoms with van der Waals surface area (Å²) >= 11 is 0. The second-order valence-corrected chi connectivity index (χ2v) is 4.75. The molecule has 2 amide bonds. The van der Waals surface area contributed by atoms with Crippen molar-refractivity contribution >= 4 is 11.7 Å². The Morgan fingerprint density at radius 3 is 2.60 bits per heavy atom. The smallest absolute Gasteiger partial charge is 0.319 e. The van der Waals surface area contributed by atoms with Crippen molar-refractivity contribution in [2.75, 3.05) is 19.0 Å². The van der Waals surface area contributed by atoms with Crippen LogP contribution < -0.4 is 15.4 Å². The predicted octanol–water partition coefficient (Wildman–Crippen LogP) is 2.96. The molecule has 4 nitrogen and oxygen atoms in total. The summed E-state index contributed by atoms with van der Waals surface area (Å²) in [5.41, 5.74) is 3.14. The molecule has 0 radical (unpaired) electrons. The van der Waals surface area contributed by atoms with E-state index in [1.807, 2.05) is 42.5 Å². The van der Waals surface area contributed by atoms with E-state index in [4.69, 9.17) is 4.74 Å². The molecule has 4 heteroatoms. The molecule has 0 spiro atoms. The molecule has 102 valence electrons. The Labute approximate surface area is 117 Å². The van der Waals surface area contributed by atoms with Crippen LogP contribution in [0.25, 0.3) is 0 Å². The van der Waals surface area contributed by atoms with Gasteiger partial charge in [0.15, 0.2) is 0 Å². The lowest BCUT2D eigenvalue weighted by Gasteiger charge is -2.17. The third kappa shape index (κ3) is 2.32. The van der Waals surface area contributed by atoms with Crippen molar-refractivity contribution in [3.63, 3.8) is 0 Å². The lowest BCUT2D eigenvalue weighted by molar-refractivity contribution is 0.252. The fraction of sp³-hybridized carbons (Fsp3) is 0.188. The van der Waals surface area contributed by atoms with E-state index in [2.05, 4.69) is 16.7 Å². The minimum atomic E-state index is -0.159. The van der Waals surface area contributed by atoms with Crippen LogP contribution in [0.1, 0.15) is 17.0 Å². The van der Waals surface area contributed by atoms with Crippen molar-refractivity contribution in [3.8, 4) is 5.75 Å². The maximum atomic E-state index is 11.7. The number of amides is 2. The van der Waals surface area contributed by atoms with Crippen LogP contribution in [0.5, 0.6) is 5.75 Å². The Bertz CT molecular complexity index is 623. The van der Waals surface area contributed by atoms with Crippen molar-refractivity contribution in [2.24, 2.45) is 0 Å². The van der Waals surface area contributed by atoms with E-state index < -0.39 is 0 Å². The molecule has 0 aromatic heterocycles. The number of carbonyl (C=O) groups excluding carboxylic acids is 1. The van der Waals surface area contributed by atoms with Gasteiger partial charge in [-0.25, -0.2) is 4.79 Å². The van der Waals surface area contributed by atoms with Crippen LogP contribution in [-0.2, 0) is 0 Å². The first-order valence-corrected chi connectivity index (χ1v) is 6.55. The van der Waals surface area contributed by atoms with Gasteiger partial charge < -0.3 is 15.4 Å². The first-order valence-electron chi connectivity index (χ1n) is 6.55. The summed E-state index contributed by atoms with van der Waals surface area (Å²) in [7, 11) is 1.65. The first-order chi connectivity index (χ1) is 9.78. The molecule has 1 atom stereocenters. The van der Waals surface area contributed by atoms with E-state index in [-0.39, 0.29) is 11.9 Å². The zero-order valence-electron chi connectivity index (χ0n) is 11.2. The van der Waals surface area contributed by atoms with Crippen molar-refractivity contribution < 1.29 is 9.53 Å². The number of methoxy groups -OCH3 is 1. The third-order valence-electron chi connectivity index (χ3n) is 3.57. The van der Waals surface area contributed by atoms with Crippen molar-refractivity contribution in [1.29, 1.82) is 0 Å². The second-order valence-electron chi connectivity index (χ2n) is 4.75. The van der Waals surface area contributed by atoms with E-state index in [1.54, 1.807) is 7.11 Å². The van der Waals surface area contributed by atoms with Crippen molar-refractivity contribution in [2.45, 2.75) is 5.92 Å². The largest absolute Gasteiger partial charge is 0.497 e. The van der Waals surface area contributed by atoms with E-state index in [9.17, 15) is 4.79 Å². The maximum Gasteiger partial charge on any atom is 0.319 e. The summed E-state index contributed by atoms with van der Waals surface area (Å²) in [6, 6.07) is 15.7. The molecule has 2 N–H and O–H groups in total. The summed E-state index contributed by atoms with van der Waals surface area (Å²) in [6.45, 7) is 0.579. The number of carbonyl (C=O) groups is 1. The van der Waals surface area contributed by atoms with E-state index in [0.717, 1.165) is 22.6 Å². The number of hydrogen-bond donors (Lipinski definition) is 2. The normalized spacial score (nSPS) is 17.4. The van der Waals surface area contributed by atoms with Gasteiger partial charge >= 0.3 is 6.03 Å². The molecule has 1 aliphatic heterocycles. The van der Waals surface area contributed by atoms with Gasteiger partial charge in [-0.1, -0.05) is 30.3 Å². The van der Waals surface area contributed by atoms with Crippen LogP contribution in [0.3, 0.4) is 0 Å². The van der Waals surface area contributed by atoms with Gasteiger partial charge in [0.2, 0.25) is 0 Å². The van der Waals surface area contributed by atoms with Crippen molar-refractivity contribution in [3.05, 3.63) is 59.7 Å². The number of nitrogens with one attached hydrogen (secondary N) is 2. The molecule has 0 fully saturated rings. The highest BCUT2D eigenvalue weighted by Crippen LogP contribution is 2.32. The number of hydrogen-bond acceptors (Lipinski definition) is 2. The number of rotatable bonds is 2. The van der Waals surface area contributed by atoms with E-state index in [0.29, 0.717) is 6.54 Å². The average Bonchev–Trinajstić information content (AvgIpc) is 2.66. The number of benzene rings is 2. The van der Waals surface area contributed by atoms with Crippen LogP contribution in [-0.4, -0.2) is 19.7 Å². The first kappa shape index (κ1) is 12.5. The number of anilines is 1. The summed E-state index contributed by atoms with van der Waals surface area (Å²) in [5.74, 6) is 0.967. The SMILES string of the molecule is COc1ccc(C2CNC(=O)Nc3ccccc32)cc1. The minimum absolute atomic E-state index is 0.135. The lowest BCUT2D eigenvalue weighted by atomic mass is 9.90. The van der Waals surface area contributed by atoms with Crippen LogP contribution in [0.2, 0.25) is 0 Å². The Morgan fingerprint density at radius 1 is 1.10 bits per heavy atom. The molecule has 0 saturated carbocycles. The third-order valence-corrected chi connectivity index (χ3v) is 3.57. The predicted molar refractivity (Wildman–Crippen MR) is 78.3 cm³/mol. The molecule has 0 bridgehead atoms. The standard InChI is InChI=1S/C16H16N2O2/c1-20-12-8-6-11(7-9-12)14-10-17-16(19)18-15-5-3-2-4-13(14)15/h2-9,14H,10H2,1H3,(H2,17,18,19). The minimum Gasteiger partial charge on any atom is -0.497 e. The quantitative estimate of drug-likeness (QED) is 0.879. The molecule has 0 saturated heterocycles. The van der Waals surface area contributed by atoms with Gasteiger partial charge in [-0.2, -0.15) is 0 Å². The number of ether oxygens (including phenoxy) is 1. The van der Waals surface area contributed by atoms with Crippen LogP contribution in [0, 0.1) is 0 Å². The van der Waals surface area contributed by atoms with Gasteiger partial charge in [-0.3, -0.25) is 0 Å². The molecule has 20 heavy (non-hydrogen) atoms. The average molecular weight is 268 g/mol. The van der Waals surface area contributed by atoms with Crippen LogP contribution in [0.4, 0.5) is 10.5 Å². The summed E-state index contributed by atoms with van der Waals surface area (Å²) in [6.07, 6.45) is 0.